The minimum absolute atomic E-state index is 0.0167. The average molecular weight is 568 g/mol. The monoisotopic (exact) mass is 567 g/mol. The first kappa shape index (κ1) is 29.7. The van der Waals surface area contributed by atoms with E-state index in [4.69, 9.17) is 16.3 Å². The normalized spacial score (nSPS) is 11.8. The lowest BCUT2D eigenvalue weighted by Crippen LogP contribution is -2.31. The maximum absolute atomic E-state index is 13.6. The summed E-state index contributed by atoms with van der Waals surface area (Å²) in [6.45, 7) is 1.97. The molecule has 4 aromatic rings. The van der Waals surface area contributed by atoms with Gasteiger partial charge in [0.15, 0.2) is 0 Å². The summed E-state index contributed by atoms with van der Waals surface area (Å²) in [4.78, 5) is 2.15. The van der Waals surface area contributed by atoms with Crippen molar-refractivity contribution in [2.45, 2.75) is 31.5 Å². The molecule has 0 saturated heterocycles. The van der Waals surface area contributed by atoms with E-state index in [1.165, 1.54) is 6.07 Å². The Hall–Kier alpha value is -3.32. The molecule has 7 heteroatoms. The van der Waals surface area contributed by atoms with E-state index < -0.39 is 11.7 Å². The van der Waals surface area contributed by atoms with Crippen LogP contribution >= 0.6 is 11.6 Å². The third kappa shape index (κ3) is 8.34. The summed E-state index contributed by atoms with van der Waals surface area (Å²) in [5, 5.41) is 8.95. The van der Waals surface area contributed by atoms with Crippen LogP contribution in [0.2, 0.25) is 5.02 Å². The molecule has 1 N–H and O–H groups in total. The molecule has 3 nitrogen and oxygen atoms in total. The first-order valence-electron chi connectivity index (χ1n) is 13.3. The summed E-state index contributed by atoms with van der Waals surface area (Å²) in [5.74, 6) is 0.743. The van der Waals surface area contributed by atoms with Crippen molar-refractivity contribution in [1.29, 1.82) is 0 Å². The highest BCUT2D eigenvalue weighted by atomic mass is 35.5. The second-order valence-electron chi connectivity index (χ2n) is 9.71. The molecule has 0 aliphatic heterocycles. The van der Waals surface area contributed by atoms with Gasteiger partial charge in [0.25, 0.3) is 0 Å². The van der Waals surface area contributed by atoms with Crippen LogP contribution < -0.4 is 4.74 Å². The molecule has 0 unspecified atom stereocenters. The SMILES string of the molecule is OCCc1cccc(OCCCN(Cc2cccc(C(F)(F)F)c2Cl)CC(c2ccccc2)c2ccccc2)c1. The predicted octanol–water partition coefficient (Wildman–Crippen LogP) is 8.00. The first-order chi connectivity index (χ1) is 19.3. The van der Waals surface area contributed by atoms with Crippen LogP contribution in [0.3, 0.4) is 0 Å². The number of rotatable bonds is 13. The van der Waals surface area contributed by atoms with Crippen LogP contribution in [-0.4, -0.2) is 36.3 Å². The van der Waals surface area contributed by atoms with Gasteiger partial charge in [0.1, 0.15) is 5.75 Å². The number of ether oxygens (including phenoxy) is 1. The Kier molecular flexibility index (Phi) is 10.6. The zero-order valence-electron chi connectivity index (χ0n) is 22.2. The van der Waals surface area contributed by atoms with Crippen LogP contribution in [0.25, 0.3) is 0 Å². The minimum atomic E-state index is -4.52. The van der Waals surface area contributed by atoms with Crippen molar-refractivity contribution < 1.29 is 23.0 Å². The summed E-state index contributed by atoms with van der Waals surface area (Å²) >= 11 is 6.30. The van der Waals surface area contributed by atoms with E-state index in [-0.39, 0.29) is 24.1 Å². The molecular weight excluding hydrogens is 535 g/mol. The van der Waals surface area contributed by atoms with Gasteiger partial charge in [-0.15, -0.1) is 0 Å². The van der Waals surface area contributed by atoms with Crippen molar-refractivity contribution in [2.75, 3.05) is 26.3 Å². The highest BCUT2D eigenvalue weighted by molar-refractivity contribution is 6.32. The Morgan fingerprint density at radius 2 is 1.48 bits per heavy atom. The van der Waals surface area contributed by atoms with Crippen LogP contribution in [0.1, 0.15) is 40.2 Å². The molecule has 210 valence electrons. The van der Waals surface area contributed by atoms with Crippen LogP contribution in [0.15, 0.2) is 103 Å². The summed E-state index contributed by atoms with van der Waals surface area (Å²) in [6, 6.07) is 32.0. The van der Waals surface area contributed by atoms with Crippen LogP contribution in [0, 0.1) is 0 Å². The fourth-order valence-corrected chi connectivity index (χ4v) is 5.12. The standard InChI is InChI=1S/C33H33ClF3NO2/c34-32-28(15-8-17-31(32)33(35,36)37)23-38(19-9-21-40-29-16-7-10-25(22-29)18-20-39)24-30(26-11-3-1-4-12-26)27-13-5-2-6-14-27/h1-8,10-17,22,30,39H,9,18-21,23-24H2. The summed E-state index contributed by atoms with van der Waals surface area (Å²) in [7, 11) is 0. The van der Waals surface area contributed by atoms with Gasteiger partial charge in [0.2, 0.25) is 0 Å². The lowest BCUT2D eigenvalue weighted by molar-refractivity contribution is -0.137. The molecule has 0 bridgehead atoms. The third-order valence-electron chi connectivity index (χ3n) is 6.81. The summed E-state index contributed by atoms with van der Waals surface area (Å²) in [5.41, 5.74) is 2.88. The van der Waals surface area contributed by atoms with Crippen molar-refractivity contribution in [3.63, 3.8) is 0 Å². The van der Waals surface area contributed by atoms with Crippen LogP contribution in [0.4, 0.5) is 13.2 Å². The van der Waals surface area contributed by atoms with Gasteiger partial charge in [-0.25, -0.2) is 0 Å². The van der Waals surface area contributed by atoms with E-state index in [1.807, 2.05) is 60.7 Å². The fourth-order valence-electron chi connectivity index (χ4n) is 4.83. The van der Waals surface area contributed by atoms with E-state index in [2.05, 4.69) is 29.2 Å². The smallest absolute Gasteiger partial charge is 0.417 e. The van der Waals surface area contributed by atoms with Gasteiger partial charge >= 0.3 is 6.18 Å². The van der Waals surface area contributed by atoms with Crippen LogP contribution in [0.5, 0.6) is 5.75 Å². The molecule has 0 spiro atoms. The van der Waals surface area contributed by atoms with Gasteiger partial charge in [-0.1, -0.05) is 96.5 Å². The number of alkyl halides is 3. The lowest BCUT2D eigenvalue weighted by atomic mass is 9.90. The number of benzene rings is 4. The van der Waals surface area contributed by atoms with Gasteiger partial charge in [0, 0.05) is 32.2 Å². The minimum Gasteiger partial charge on any atom is -0.494 e. The lowest BCUT2D eigenvalue weighted by Gasteiger charge is -2.29. The van der Waals surface area contributed by atoms with Gasteiger partial charge < -0.3 is 9.84 Å². The Bertz CT molecular complexity index is 1290. The number of aliphatic hydroxyl groups excluding tert-OH is 1. The van der Waals surface area contributed by atoms with Crippen molar-refractivity contribution in [2.24, 2.45) is 0 Å². The maximum atomic E-state index is 13.6. The molecule has 0 fully saturated rings. The molecule has 0 amide bonds. The third-order valence-corrected chi connectivity index (χ3v) is 7.26. The number of aliphatic hydroxyl groups is 1. The molecule has 0 aliphatic carbocycles. The molecule has 0 atom stereocenters. The largest absolute Gasteiger partial charge is 0.494 e. The van der Waals surface area contributed by atoms with Crippen molar-refractivity contribution in [1.82, 2.24) is 4.90 Å². The summed E-state index contributed by atoms with van der Waals surface area (Å²) < 4.78 is 46.7. The first-order valence-corrected chi connectivity index (χ1v) is 13.7. The Balaban J connectivity index is 1.55. The highest BCUT2D eigenvalue weighted by Crippen LogP contribution is 2.37. The highest BCUT2D eigenvalue weighted by Gasteiger charge is 2.34. The van der Waals surface area contributed by atoms with E-state index in [9.17, 15) is 18.3 Å². The molecule has 4 aromatic carbocycles. The van der Waals surface area contributed by atoms with E-state index >= 15 is 0 Å². The summed E-state index contributed by atoms with van der Waals surface area (Å²) in [6.07, 6.45) is -3.30. The Labute approximate surface area is 238 Å². The van der Waals surface area contributed by atoms with Gasteiger partial charge in [-0.2, -0.15) is 13.2 Å². The molecule has 0 heterocycles. The van der Waals surface area contributed by atoms with E-state index in [0.717, 1.165) is 28.5 Å². The fraction of sp³-hybridized carbons (Fsp3) is 0.273. The van der Waals surface area contributed by atoms with E-state index in [1.54, 1.807) is 6.07 Å². The molecule has 0 saturated carbocycles. The van der Waals surface area contributed by atoms with Gasteiger partial charge in [-0.3, -0.25) is 4.90 Å². The van der Waals surface area contributed by atoms with Crippen molar-refractivity contribution in [3.05, 3.63) is 136 Å². The van der Waals surface area contributed by atoms with Crippen LogP contribution in [-0.2, 0) is 19.1 Å². The number of hydrogen-bond donors (Lipinski definition) is 1. The second kappa shape index (κ2) is 14.4. The van der Waals surface area contributed by atoms with Gasteiger partial charge in [0.05, 0.1) is 17.2 Å². The van der Waals surface area contributed by atoms with Gasteiger partial charge in [-0.05, 0) is 53.3 Å². The quantitative estimate of drug-likeness (QED) is 0.166. The Morgan fingerprint density at radius 3 is 2.10 bits per heavy atom. The topological polar surface area (TPSA) is 32.7 Å². The molecular formula is C33H33ClF3NO2. The molecule has 0 aromatic heterocycles. The number of hydrogen-bond acceptors (Lipinski definition) is 3. The predicted molar refractivity (Wildman–Crippen MR) is 154 cm³/mol. The number of nitrogens with zero attached hydrogens (tertiary/aromatic N) is 1. The number of halogens is 4. The van der Waals surface area contributed by atoms with E-state index in [0.29, 0.717) is 38.1 Å². The molecule has 0 aliphatic rings. The average Bonchev–Trinajstić information content (AvgIpc) is 2.95. The molecule has 40 heavy (non-hydrogen) atoms. The van der Waals surface area contributed by atoms with Crippen molar-refractivity contribution >= 4 is 11.6 Å². The maximum Gasteiger partial charge on any atom is 0.417 e. The molecule has 0 radical (unpaired) electrons. The van der Waals surface area contributed by atoms with Crippen molar-refractivity contribution in [3.8, 4) is 5.75 Å². The Morgan fingerprint density at radius 1 is 0.825 bits per heavy atom. The second-order valence-corrected chi connectivity index (χ2v) is 10.1. The zero-order valence-corrected chi connectivity index (χ0v) is 22.9. The molecule has 4 rings (SSSR count). The zero-order chi connectivity index (χ0) is 28.4.